The molecule has 1 aliphatic heterocycles. The fraction of sp³-hybridized carbons (Fsp3) is 0.824. The summed E-state index contributed by atoms with van der Waals surface area (Å²) in [5.41, 5.74) is -0.492. The number of hydrogen-bond acceptors (Lipinski definition) is 6. The summed E-state index contributed by atoms with van der Waals surface area (Å²) in [5, 5.41) is 11.5. The van der Waals surface area contributed by atoms with E-state index in [1.807, 2.05) is 25.3 Å². The molecular formula is C17H31N5O3. The van der Waals surface area contributed by atoms with Gasteiger partial charge in [-0.3, -0.25) is 0 Å². The molecule has 8 nitrogen and oxygen atoms in total. The predicted octanol–water partition coefficient (Wildman–Crippen LogP) is 1.80. The Morgan fingerprint density at radius 2 is 2.28 bits per heavy atom. The van der Waals surface area contributed by atoms with Crippen LogP contribution in [0.15, 0.2) is 6.33 Å². The molecule has 0 bridgehead atoms. The molecule has 1 amide bonds. The molecule has 8 heteroatoms. The summed E-state index contributed by atoms with van der Waals surface area (Å²) < 4.78 is 13.1. The number of amides is 1. The molecule has 1 aromatic heterocycles. The predicted molar refractivity (Wildman–Crippen MR) is 94.2 cm³/mol. The van der Waals surface area contributed by atoms with Crippen LogP contribution in [0.5, 0.6) is 0 Å². The Hall–Kier alpha value is -1.67. The first-order chi connectivity index (χ1) is 11.8. The number of nitrogens with zero attached hydrogens (tertiary/aromatic N) is 4. The van der Waals surface area contributed by atoms with Gasteiger partial charge in [-0.15, -0.1) is 10.2 Å². The lowest BCUT2D eigenvalue weighted by molar-refractivity contribution is -0.0356. The molecule has 25 heavy (non-hydrogen) atoms. The molecule has 142 valence electrons. The molecule has 2 atom stereocenters. The van der Waals surface area contributed by atoms with Gasteiger partial charge in [0.1, 0.15) is 17.8 Å². The van der Waals surface area contributed by atoms with Crippen LogP contribution in [0, 0.1) is 0 Å². The molecule has 1 saturated heterocycles. The van der Waals surface area contributed by atoms with Crippen molar-refractivity contribution in [2.24, 2.45) is 0 Å². The van der Waals surface area contributed by atoms with Crippen molar-refractivity contribution in [3.8, 4) is 0 Å². The van der Waals surface area contributed by atoms with Crippen molar-refractivity contribution >= 4 is 6.09 Å². The molecule has 0 saturated carbocycles. The van der Waals surface area contributed by atoms with Crippen molar-refractivity contribution in [2.45, 2.75) is 71.8 Å². The van der Waals surface area contributed by atoms with E-state index in [0.29, 0.717) is 26.3 Å². The first-order valence-corrected chi connectivity index (χ1v) is 8.97. The fourth-order valence-electron chi connectivity index (χ4n) is 2.85. The Labute approximate surface area is 149 Å². The smallest absolute Gasteiger partial charge is 0.410 e. The number of nitrogens with one attached hydrogen (secondary N) is 1. The highest BCUT2D eigenvalue weighted by molar-refractivity contribution is 5.68. The van der Waals surface area contributed by atoms with E-state index in [9.17, 15) is 4.79 Å². The van der Waals surface area contributed by atoms with Crippen LogP contribution in [0.2, 0.25) is 0 Å². The van der Waals surface area contributed by atoms with Gasteiger partial charge in [-0.05, 0) is 41.0 Å². The highest BCUT2D eigenvalue weighted by Gasteiger charge is 2.31. The summed E-state index contributed by atoms with van der Waals surface area (Å²) in [4.78, 5) is 14.2. The average molecular weight is 353 g/mol. The van der Waals surface area contributed by atoms with Crippen molar-refractivity contribution in [1.29, 1.82) is 0 Å². The second-order valence-corrected chi connectivity index (χ2v) is 7.45. The van der Waals surface area contributed by atoms with E-state index >= 15 is 0 Å². The largest absolute Gasteiger partial charge is 0.444 e. The zero-order chi connectivity index (χ0) is 18.4. The van der Waals surface area contributed by atoms with Gasteiger partial charge < -0.3 is 24.3 Å². The molecule has 1 aliphatic rings. The van der Waals surface area contributed by atoms with Crippen LogP contribution in [0.1, 0.15) is 46.9 Å². The van der Waals surface area contributed by atoms with Crippen molar-refractivity contribution in [3.05, 3.63) is 12.2 Å². The van der Waals surface area contributed by atoms with Gasteiger partial charge in [0.15, 0.2) is 0 Å². The van der Waals surface area contributed by atoms with E-state index in [1.165, 1.54) is 0 Å². The van der Waals surface area contributed by atoms with E-state index in [-0.39, 0.29) is 18.2 Å². The zero-order valence-electron chi connectivity index (χ0n) is 16.0. The SMILES string of the molecule is CCn1cnnc1CNC(C)CC1COCCN1C(=O)OC(C)(C)C. The molecule has 2 heterocycles. The van der Waals surface area contributed by atoms with Crippen molar-refractivity contribution in [2.75, 3.05) is 19.8 Å². The van der Waals surface area contributed by atoms with Gasteiger partial charge in [-0.25, -0.2) is 4.79 Å². The van der Waals surface area contributed by atoms with Crippen LogP contribution >= 0.6 is 0 Å². The topological polar surface area (TPSA) is 81.5 Å². The fourth-order valence-corrected chi connectivity index (χ4v) is 2.85. The quantitative estimate of drug-likeness (QED) is 0.840. The highest BCUT2D eigenvalue weighted by atomic mass is 16.6. The average Bonchev–Trinajstić information content (AvgIpc) is 2.99. The summed E-state index contributed by atoms with van der Waals surface area (Å²) in [6, 6.07) is 0.216. The molecule has 1 fully saturated rings. The van der Waals surface area contributed by atoms with Crippen molar-refractivity contribution < 1.29 is 14.3 Å². The maximum atomic E-state index is 12.4. The molecule has 0 aromatic carbocycles. The number of ether oxygens (including phenoxy) is 2. The Morgan fingerprint density at radius 3 is 2.96 bits per heavy atom. The third-order valence-electron chi connectivity index (χ3n) is 4.13. The Balaban J connectivity index is 1.88. The number of carbonyl (C=O) groups is 1. The molecule has 1 aromatic rings. The second-order valence-electron chi connectivity index (χ2n) is 7.45. The van der Waals surface area contributed by atoms with Gasteiger partial charge in [0, 0.05) is 19.1 Å². The normalized spacial score (nSPS) is 19.7. The summed E-state index contributed by atoms with van der Waals surface area (Å²) in [6.45, 7) is 13.0. The van der Waals surface area contributed by atoms with Crippen LogP contribution in [0.25, 0.3) is 0 Å². The van der Waals surface area contributed by atoms with Gasteiger partial charge >= 0.3 is 6.09 Å². The lowest BCUT2D eigenvalue weighted by Gasteiger charge is -2.37. The van der Waals surface area contributed by atoms with E-state index in [0.717, 1.165) is 18.8 Å². The Morgan fingerprint density at radius 1 is 1.52 bits per heavy atom. The van der Waals surface area contributed by atoms with Gasteiger partial charge in [0.05, 0.1) is 25.8 Å². The summed E-state index contributed by atoms with van der Waals surface area (Å²) in [6.07, 6.45) is 2.26. The molecule has 0 spiro atoms. The summed E-state index contributed by atoms with van der Waals surface area (Å²) >= 11 is 0. The number of aromatic nitrogens is 3. The molecule has 1 N–H and O–H groups in total. The van der Waals surface area contributed by atoms with Crippen molar-refractivity contribution in [1.82, 2.24) is 25.0 Å². The minimum atomic E-state index is -0.492. The molecule has 2 rings (SSSR count). The van der Waals surface area contributed by atoms with Crippen LogP contribution in [0.3, 0.4) is 0 Å². The van der Waals surface area contributed by atoms with Crippen LogP contribution in [-0.2, 0) is 22.6 Å². The standard InChI is InChI=1S/C17H31N5O3/c1-6-21-12-19-20-15(21)10-18-13(2)9-14-11-24-8-7-22(14)16(23)25-17(3,4)5/h12-14,18H,6-11H2,1-5H3. The number of morpholine rings is 1. The number of carbonyl (C=O) groups excluding carboxylic acids is 1. The monoisotopic (exact) mass is 353 g/mol. The van der Waals surface area contributed by atoms with E-state index in [2.05, 4.69) is 29.4 Å². The van der Waals surface area contributed by atoms with Gasteiger partial charge in [-0.1, -0.05) is 0 Å². The van der Waals surface area contributed by atoms with E-state index in [4.69, 9.17) is 9.47 Å². The lowest BCUT2D eigenvalue weighted by Crippen LogP contribution is -2.52. The minimum absolute atomic E-state index is 0.00939. The van der Waals surface area contributed by atoms with E-state index < -0.39 is 5.60 Å². The lowest BCUT2D eigenvalue weighted by atomic mass is 10.1. The second kappa shape index (κ2) is 8.62. The molecule has 0 aliphatic carbocycles. The van der Waals surface area contributed by atoms with Crippen LogP contribution in [0.4, 0.5) is 4.79 Å². The highest BCUT2D eigenvalue weighted by Crippen LogP contribution is 2.17. The molecule has 0 radical (unpaired) electrons. The zero-order valence-corrected chi connectivity index (χ0v) is 16.0. The summed E-state index contributed by atoms with van der Waals surface area (Å²) in [7, 11) is 0. The molecular weight excluding hydrogens is 322 g/mol. The van der Waals surface area contributed by atoms with Crippen molar-refractivity contribution in [3.63, 3.8) is 0 Å². The third kappa shape index (κ3) is 5.97. The summed E-state index contributed by atoms with van der Waals surface area (Å²) in [5.74, 6) is 0.915. The number of rotatable bonds is 6. The van der Waals surface area contributed by atoms with Gasteiger partial charge in [0.2, 0.25) is 0 Å². The third-order valence-corrected chi connectivity index (χ3v) is 4.13. The minimum Gasteiger partial charge on any atom is -0.444 e. The van der Waals surface area contributed by atoms with Crippen LogP contribution in [-0.4, -0.2) is 63.2 Å². The van der Waals surface area contributed by atoms with Gasteiger partial charge in [0.25, 0.3) is 0 Å². The van der Waals surface area contributed by atoms with Crippen LogP contribution < -0.4 is 5.32 Å². The number of hydrogen-bond donors (Lipinski definition) is 1. The van der Waals surface area contributed by atoms with E-state index in [1.54, 1.807) is 11.2 Å². The molecule has 2 unspecified atom stereocenters. The first-order valence-electron chi connectivity index (χ1n) is 8.97. The maximum absolute atomic E-state index is 12.4. The first kappa shape index (κ1) is 19.7. The Bertz CT molecular complexity index is 555. The van der Waals surface area contributed by atoms with Gasteiger partial charge in [-0.2, -0.15) is 0 Å². The number of aryl methyl sites for hydroxylation is 1. The maximum Gasteiger partial charge on any atom is 0.410 e. The Kier molecular flexibility index (Phi) is 6.78.